The lowest BCUT2D eigenvalue weighted by molar-refractivity contribution is 0.101. The molecule has 0 N–H and O–H groups in total. The van der Waals surface area contributed by atoms with Crippen molar-refractivity contribution in [2.75, 3.05) is 0 Å². The molecule has 0 radical (unpaired) electrons. The molecule has 0 saturated heterocycles. The van der Waals surface area contributed by atoms with Crippen LogP contribution in [-0.4, -0.2) is 10.4 Å². The van der Waals surface area contributed by atoms with Crippen molar-refractivity contribution >= 4 is 32.6 Å². The maximum atomic E-state index is 12.1. The maximum Gasteiger partial charge on any atom is 0.162 e. The predicted molar refractivity (Wildman–Crippen MR) is 96.1 cm³/mol. The number of halogens is 1. The molecule has 3 aromatic rings. The van der Waals surface area contributed by atoms with E-state index >= 15 is 0 Å². The number of ketones is 1. The molecular weight excluding hydrogens is 368 g/mol. The standard InChI is InChI=1S/C19H15BrN2O2/c1-12(23)19-15-5-3-4-6-16(15)22(2)17(19)11-24-18-8-7-14(20)9-13(18)10-21/h3-9H,11H2,1-2H3. The SMILES string of the molecule is CC(=O)c1c(COc2ccc(Br)cc2C#N)n(C)c2ccccc12. The molecular formula is C19H15BrN2O2. The summed E-state index contributed by atoms with van der Waals surface area (Å²) < 4.78 is 8.64. The van der Waals surface area contributed by atoms with Gasteiger partial charge in [0.1, 0.15) is 18.4 Å². The highest BCUT2D eigenvalue weighted by molar-refractivity contribution is 9.10. The number of para-hydroxylation sites is 1. The van der Waals surface area contributed by atoms with Crippen molar-refractivity contribution in [3.05, 3.63) is 63.8 Å². The topological polar surface area (TPSA) is 55.0 Å². The summed E-state index contributed by atoms with van der Waals surface area (Å²) in [5.41, 5.74) is 2.91. The normalized spacial score (nSPS) is 10.6. The number of carbonyl (C=O) groups is 1. The van der Waals surface area contributed by atoms with Crippen LogP contribution in [-0.2, 0) is 13.7 Å². The highest BCUT2D eigenvalue weighted by Gasteiger charge is 2.19. The highest BCUT2D eigenvalue weighted by atomic mass is 79.9. The molecule has 0 atom stereocenters. The summed E-state index contributed by atoms with van der Waals surface area (Å²) in [5, 5.41) is 10.2. The van der Waals surface area contributed by atoms with Gasteiger partial charge in [-0.25, -0.2) is 0 Å². The molecule has 5 heteroatoms. The molecule has 24 heavy (non-hydrogen) atoms. The fourth-order valence-electron chi connectivity index (χ4n) is 2.87. The van der Waals surface area contributed by atoms with E-state index in [4.69, 9.17) is 4.74 Å². The van der Waals surface area contributed by atoms with Gasteiger partial charge in [0.2, 0.25) is 0 Å². The fourth-order valence-corrected chi connectivity index (χ4v) is 3.23. The number of fused-ring (bicyclic) bond motifs is 1. The second-order valence-corrected chi connectivity index (χ2v) is 6.41. The first-order valence-electron chi connectivity index (χ1n) is 7.42. The zero-order chi connectivity index (χ0) is 17.3. The molecule has 1 heterocycles. The number of aryl methyl sites for hydroxylation is 1. The monoisotopic (exact) mass is 382 g/mol. The van der Waals surface area contributed by atoms with E-state index in [-0.39, 0.29) is 12.4 Å². The van der Waals surface area contributed by atoms with Crippen LogP contribution in [0.25, 0.3) is 10.9 Å². The third-order valence-corrected chi connectivity index (χ3v) is 4.50. The lowest BCUT2D eigenvalue weighted by Crippen LogP contribution is -2.07. The first-order chi connectivity index (χ1) is 11.5. The first kappa shape index (κ1) is 16.3. The molecule has 0 unspecified atom stereocenters. The molecule has 2 aromatic carbocycles. The van der Waals surface area contributed by atoms with E-state index in [1.54, 1.807) is 19.1 Å². The van der Waals surface area contributed by atoms with Crippen molar-refractivity contribution in [1.29, 1.82) is 5.26 Å². The van der Waals surface area contributed by atoms with Gasteiger partial charge in [-0.05, 0) is 31.2 Å². The van der Waals surface area contributed by atoms with Crippen LogP contribution in [0.2, 0.25) is 0 Å². The summed E-state index contributed by atoms with van der Waals surface area (Å²) in [5.74, 6) is 0.502. The van der Waals surface area contributed by atoms with Gasteiger partial charge in [-0.15, -0.1) is 0 Å². The van der Waals surface area contributed by atoms with Gasteiger partial charge in [0, 0.05) is 28.0 Å². The number of hydrogen-bond acceptors (Lipinski definition) is 3. The second-order valence-electron chi connectivity index (χ2n) is 5.50. The van der Waals surface area contributed by atoms with Crippen molar-refractivity contribution in [1.82, 2.24) is 4.57 Å². The third kappa shape index (κ3) is 2.81. The van der Waals surface area contributed by atoms with Crippen molar-refractivity contribution in [3.63, 3.8) is 0 Å². The molecule has 120 valence electrons. The largest absolute Gasteiger partial charge is 0.486 e. The van der Waals surface area contributed by atoms with Crippen molar-refractivity contribution in [3.8, 4) is 11.8 Å². The van der Waals surface area contributed by atoms with Crippen LogP contribution >= 0.6 is 15.9 Å². The van der Waals surface area contributed by atoms with Crippen LogP contribution in [0, 0.1) is 11.3 Å². The Labute approximate surface area is 148 Å². The number of ether oxygens (including phenoxy) is 1. The average Bonchev–Trinajstić information content (AvgIpc) is 2.86. The van der Waals surface area contributed by atoms with Crippen LogP contribution in [0.1, 0.15) is 28.5 Å². The summed E-state index contributed by atoms with van der Waals surface area (Å²) in [6.45, 7) is 1.78. The predicted octanol–water partition coefficient (Wildman–Crippen LogP) is 4.59. The average molecular weight is 383 g/mol. The minimum absolute atomic E-state index is 0.00159. The number of carbonyl (C=O) groups excluding carboxylic acids is 1. The van der Waals surface area contributed by atoms with Gasteiger partial charge < -0.3 is 9.30 Å². The number of hydrogen-bond donors (Lipinski definition) is 0. The number of rotatable bonds is 4. The highest BCUT2D eigenvalue weighted by Crippen LogP contribution is 2.28. The van der Waals surface area contributed by atoms with E-state index in [2.05, 4.69) is 22.0 Å². The molecule has 0 fully saturated rings. The minimum atomic E-state index is 0.00159. The number of nitrogens with zero attached hydrogens (tertiary/aromatic N) is 2. The zero-order valence-corrected chi connectivity index (χ0v) is 14.9. The van der Waals surface area contributed by atoms with Crippen molar-refractivity contribution in [2.45, 2.75) is 13.5 Å². The number of aromatic nitrogens is 1. The first-order valence-corrected chi connectivity index (χ1v) is 8.22. The Hall–Kier alpha value is -2.58. The summed E-state index contributed by atoms with van der Waals surface area (Å²) in [6.07, 6.45) is 0. The number of benzene rings is 2. The van der Waals surface area contributed by atoms with Gasteiger partial charge in [-0.1, -0.05) is 34.1 Å². The van der Waals surface area contributed by atoms with Crippen LogP contribution in [0.15, 0.2) is 46.9 Å². The summed E-state index contributed by atoms with van der Waals surface area (Å²) in [6, 6.07) is 15.2. The van der Waals surface area contributed by atoms with Gasteiger partial charge in [0.15, 0.2) is 5.78 Å². The summed E-state index contributed by atoms with van der Waals surface area (Å²) >= 11 is 3.34. The molecule has 0 aliphatic carbocycles. The lowest BCUT2D eigenvalue weighted by atomic mass is 10.1. The van der Waals surface area contributed by atoms with Gasteiger partial charge in [-0.2, -0.15) is 5.26 Å². The third-order valence-electron chi connectivity index (χ3n) is 4.01. The van der Waals surface area contributed by atoms with E-state index in [0.717, 1.165) is 21.1 Å². The molecule has 0 aliphatic rings. The van der Waals surface area contributed by atoms with Crippen LogP contribution in [0.4, 0.5) is 0 Å². The van der Waals surface area contributed by atoms with Crippen molar-refractivity contribution < 1.29 is 9.53 Å². The lowest BCUT2D eigenvalue weighted by Gasteiger charge is -2.10. The van der Waals surface area contributed by atoms with Gasteiger partial charge in [-0.3, -0.25) is 4.79 Å². The Morgan fingerprint density at radius 1 is 1.29 bits per heavy atom. The molecule has 0 aliphatic heterocycles. The number of nitriles is 1. The molecule has 3 rings (SSSR count). The molecule has 0 spiro atoms. The van der Waals surface area contributed by atoms with Crippen molar-refractivity contribution in [2.24, 2.45) is 7.05 Å². The Kier molecular flexibility index (Phi) is 4.41. The number of Topliss-reactive ketones (excluding diaryl/α,β-unsaturated/α-hetero) is 1. The van der Waals surface area contributed by atoms with Crippen LogP contribution in [0.5, 0.6) is 5.75 Å². The Morgan fingerprint density at radius 2 is 2.04 bits per heavy atom. The second kappa shape index (κ2) is 6.50. The van der Waals surface area contributed by atoms with Gasteiger partial charge >= 0.3 is 0 Å². The Bertz CT molecular complexity index is 983. The van der Waals surface area contributed by atoms with E-state index in [1.165, 1.54) is 0 Å². The smallest absolute Gasteiger partial charge is 0.162 e. The zero-order valence-electron chi connectivity index (χ0n) is 13.3. The molecule has 0 saturated carbocycles. The van der Waals surface area contributed by atoms with E-state index in [0.29, 0.717) is 16.9 Å². The van der Waals surface area contributed by atoms with E-state index in [9.17, 15) is 10.1 Å². The fraction of sp³-hybridized carbons (Fsp3) is 0.158. The molecule has 0 amide bonds. The summed E-state index contributed by atoms with van der Waals surface area (Å²) in [4.78, 5) is 12.1. The van der Waals surface area contributed by atoms with Gasteiger partial charge in [0.25, 0.3) is 0 Å². The molecule has 0 bridgehead atoms. The molecule has 1 aromatic heterocycles. The molecule has 4 nitrogen and oxygen atoms in total. The summed E-state index contributed by atoms with van der Waals surface area (Å²) in [7, 11) is 1.92. The van der Waals surface area contributed by atoms with E-state index < -0.39 is 0 Å². The minimum Gasteiger partial charge on any atom is -0.486 e. The Morgan fingerprint density at radius 3 is 2.75 bits per heavy atom. The van der Waals surface area contributed by atoms with Crippen LogP contribution < -0.4 is 4.74 Å². The Balaban J connectivity index is 2.02. The van der Waals surface area contributed by atoms with Crippen LogP contribution in [0.3, 0.4) is 0 Å². The maximum absolute atomic E-state index is 12.1. The van der Waals surface area contributed by atoms with Gasteiger partial charge in [0.05, 0.1) is 11.3 Å². The quantitative estimate of drug-likeness (QED) is 0.619. The van der Waals surface area contributed by atoms with E-state index in [1.807, 2.05) is 41.9 Å².